The van der Waals surface area contributed by atoms with Crippen molar-refractivity contribution < 1.29 is 5.11 Å². The van der Waals surface area contributed by atoms with Gasteiger partial charge in [0.25, 0.3) is 0 Å². The van der Waals surface area contributed by atoms with Crippen LogP contribution in [0.15, 0.2) is 30.3 Å². The standard InChI is InChI=1S/C14H23NO/c1-3-7-12(2)15-10-14(11-16)13-8-5-4-6-9-13/h4-6,8-9,12,14-16H,3,7,10-11H2,1-2H3. The SMILES string of the molecule is CCCC(C)NCC(CO)c1ccccc1. The highest BCUT2D eigenvalue weighted by Crippen LogP contribution is 2.14. The van der Waals surface area contributed by atoms with Gasteiger partial charge in [-0.05, 0) is 18.9 Å². The molecule has 1 aromatic rings. The summed E-state index contributed by atoms with van der Waals surface area (Å²) < 4.78 is 0. The third kappa shape index (κ3) is 4.33. The molecule has 2 unspecified atom stereocenters. The molecule has 0 aromatic heterocycles. The number of benzene rings is 1. The van der Waals surface area contributed by atoms with Crippen LogP contribution in [0.4, 0.5) is 0 Å². The second-order valence-corrected chi connectivity index (χ2v) is 4.39. The second-order valence-electron chi connectivity index (χ2n) is 4.39. The van der Waals surface area contributed by atoms with Crippen molar-refractivity contribution in [2.24, 2.45) is 0 Å². The van der Waals surface area contributed by atoms with E-state index in [-0.39, 0.29) is 12.5 Å². The molecule has 0 heterocycles. The third-order valence-electron chi connectivity index (χ3n) is 2.93. The number of hydrogen-bond donors (Lipinski definition) is 2. The third-order valence-corrected chi connectivity index (χ3v) is 2.93. The maximum atomic E-state index is 9.38. The van der Waals surface area contributed by atoms with Crippen molar-refractivity contribution in [1.29, 1.82) is 0 Å². The van der Waals surface area contributed by atoms with Crippen LogP contribution in [0.5, 0.6) is 0 Å². The molecule has 0 saturated carbocycles. The summed E-state index contributed by atoms with van der Waals surface area (Å²) in [6.45, 7) is 5.44. The largest absolute Gasteiger partial charge is 0.396 e. The van der Waals surface area contributed by atoms with Gasteiger partial charge in [0.2, 0.25) is 0 Å². The molecular weight excluding hydrogens is 198 g/mol. The summed E-state index contributed by atoms with van der Waals surface area (Å²) >= 11 is 0. The van der Waals surface area contributed by atoms with Crippen molar-refractivity contribution in [2.75, 3.05) is 13.2 Å². The van der Waals surface area contributed by atoms with E-state index in [1.807, 2.05) is 18.2 Å². The van der Waals surface area contributed by atoms with Crippen molar-refractivity contribution in [1.82, 2.24) is 5.32 Å². The van der Waals surface area contributed by atoms with E-state index in [1.165, 1.54) is 18.4 Å². The van der Waals surface area contributed by atoms with E-state index in [2.05, 4.69) is 31.3 Å². The molecule has 0 radical (unpaired) electrons. The van der Waals surface area contributed by atoms with Gasteiger partial charge in [0.15, 0.2) is 0 Å². The number of hydrogen-bond acceptors (Lipinski definition) is 2. The topological polar surface area (TPSA) is 32.3 Å². The van der Waals surface area contributed by atoms with Gasteiger partial charge in [0, 0.05) is 18.5 Å². The molecule has 90 valence electrons. The zero-order chi connectivity index (χ0) is 11.8. The number of aliphatic hydroxyl groups is 1. The molecule has 2 nitrogen and oxygen atoms in total. The maximum Gasteiger partial charge on any atom is 0.0511 e. The molecule has 0 spiro atoms. The highest BCUT2D eigenvalue weighted by molar-refractivity contribution is 5.19. The van der Waals surface area contributed by atoms with Crippen LogP contribution in [0.25, 0.3) is 0 Å². The van der Waals surface area contributed by atoms with Crippen LogP contribution in [0.3, 0.4) is 0 Å². The van der Waals surface area contributed by atoms with Gasteiger partial charge in [0.05, 0.1) is 6.61 Å². The minimum atomic E-state index is 0.204. The molecule has 0 aliphatic heterocycles. The van der Waals surface area contributed by atoms with Crippen molar-refractivity contribution >= 4 is 0 Å². The lowest BCUT2D eigenvalue weighted by Crippen LogP contribution is -2.31. The first kappa shape index (κ1) is 13.2. The highest BCUT2D eigenvalue weighted by Gasteiger charge is 2.10. The number of aliphatic hydroxyl groups excluding tert-OH is 1. The summed E-state index contributed by atoms with van der Waals surface area (Å²) in [5.41, 5.74) is 1.21. The molecule has 0 amide bonds. The number of nitrogens with one attached hydrogen (secondary N) is 1. The normalized spacial score (nSPS) is 14.7. The van der Waals surface area contributed by atoms with Gasteiger partial charge >= 0.3 is 0 Å². The summed E-state index contributed by atoms with van der Waals surface area (Å²) in [6.07, 6.45) is 2.39. The molecule has 1 aromatic carbocycles. The van der Waals surface area contributed by atoms with Gasteiger partial charge in [0.1, 0.15) is 0 Å². The highest BCUT2D eigenvalue weighted by atomic mass is 16.3. The van der Waals surface area contributed by atoms with Crippen LogP contribution < -0.4 is 5.32 Å². The molecule has 2 atom stereocenters. The predicted molar refractivity (Wildman–Crippen MR) is 68.6 cm³/mol. The second kappa shape index (κ2) is 7.42. The van der Waals surface area contributed by atoms with Gasteiger partial charge < -0.3 is 10.4 Å². The lowest BCUT2D eigenvalue weighted by Gasteiger charge is -2.19. The van der Waals surface area contributed by atoms with Crippen LogP contribution in [0.2, 0.25) is 0 Å². The Morgan fingerprint density at radius 1 is 1.25 bits per heavy atom. The first-order chi connectivity index (χ1) is 7.77. The minimum Gasteiger partial charge on any atom is -0.396 e. The quantitative estimate of drug-likeness (QED) is 0.741. The Balaban J connectivity index is 2.44. The zero-order valence-corrected chi connectivity index (χ0v) is 10.3. The summed E-state index contributed by atoms with van der Waals surface area (Å²) in [7, 11) is 0. The summed E-state index contributed by atoms with van der Waals surface area (Å²) in [4.78, 5) is 0. The van der Waals surface area contributed by atoms with Crippen molar-refractivity contribution in [3.8, 4) is 0 Å². The Bertz CT molecular complexity index is 273. The molecule has 0 aliphatic rings. The van der Waals surface area contributed by atoms with E-state index in [0.29, 0.717) is 6.04 Å². The molecule has 0 saturated heterocycles. The van der Waals surface area contributed by atoms with E-state index in [1.54, 1.807) is 0 Å². The Kier molecular flexibility index (Phi) is 6.12. The fourth-order valence-electron chi connectivity index (χ4n) is 1.89. The van der Waals surface area contributed by atoms with Crippen molar-refractivity contribution in [2.45, 2.75) is 38.6 Å². The first-order valence-corrected chi connectivity index (χ1v) is 6.17. The van der Waals surface area contributed by atoms with E-state index >= 15 is 0 Å². The summed E-state index contributed by atoms with van der Waals surface area (Å²) in [5.74, 6) is 0.209. The fourth-order valence-corrected chi connectivity index (χ4v) is 1.89. The number of rotatable bonds is 7. The molecule has 0 fully saturated rings. The summed E-state index contributed by atoms with van der Waals surface area (Å²) in [6, 6.07) is 10.7. The van der Waals surface area contributed by atoms with Crippen molar-refractivity contribution in [3.63, 3.8) is 0 Å². The van der Waals surface area contributed by atoms with Crippen LogP contribution >= 0.6 is 0 Å². The predicted octanol–water partition coefficient (Wildman–Crippen LogP) is 2.54. The van der Waals surface area contributed by atoms with Crippen molar-refractivity contribution in [3.05, 3.63) is 35.9 Å². The lowest BCUT2D eigenvalue weighted by molar-refractivity contribution is 0.258. The van der Waals surface area contributed by atoms with Gasteiger partial charge in [-0.1, -0.05) is 43.7 Å². The smallest absolute Gasteiger partial charge is 0.0511 e. The molecule has 0 bridgehead atoms. The Morgan fingerprint density at radius 3 is 2.50 bits per heavy atom. The Labute approximate surface area is 98.7 Å². The molecule has 0 aliphatic carbocycles. The Hall–Kier alpha value is -0.860. The van der Waals surface area contributed by atoms with Gasteiger partial charge in [-0.25, -0.2) is 0 Å². The van der Waals surface area contributed by atoms with Gasteiger partial charge in [-0.3, -0.25) is 0 Å². The summed E-state index contributed by atoms with van der Waals surface area (Å²) in [5, 5.41) is 12.9. The maximum absolute atomic E-state index is 9.38. The van der Waals surface area contributed by atoms with Crippen LogP contribution in [0, 0.1) is 0 Å². The van der Waals surface area contributed by atoms with E-state index in [0.717, 1.165) is 6.54 Å². The van der Waals surface area contributed by atoms with Crippen LogP contribution in [0.1, 0.15) is 38.2 Å². The zero-order valence-electron chi connectivity index (χ0n) is 10.3. The van der Waals surface area contributed by atoms with Crippen LogP contribution in [-0.2, 0) is 0 Å². The minimum absolute atomic E-state index is 0.204. The molecule has 16 heavy (non-hydrogen) atoms. The Morgan fingerprint density at radius 2 is 1.94 bits per heavy atom. The van der Waals surface area contributed by atoms with Gasteiger partial charge in [-0.15, -0.1) is 0 Å². The van der Waals surface area contributed by atoms with E-state index in [4.69, 9.17) is 0 Å². The van der Waals surface area contributed by atoms with E-state index < -0.39 is 0 Å². The average Bonchev–Trinajstić information content (AvgIpc) is 2.31. The molecular formula is C14H23NO. The van der Waals surface area contributed by atoms with Crippen LogP contribution in [-0.4, -0.2) is 24.3 Å². The average molecular weight is 221 g/mol. The monoisotopic (exact) mass is 221 g/mol. The molecule has 2 N–H and O–H groups in total. The molecule has 2 heteroatoms. The van der Waals surface area contributed by atoms with Gasteiger partial charge in [-0.2, -0.15) is 0 Å². The fraction of sp³-hybridized carbons (Fsp3) is 0.571. The first-order valence-electron chi connectivity index (χ1n) is 6.17. The van der Waals surface area contributed by atoms with E-state index in [9.17, 15) is 5.11 Å². The molecule has 1 rings (SSSR count). The lowest BCUT2D eigenvalue weighted by atomic mass is 9.99.